The Bertz CT molecular complexity index is 437. The molecule has 24 heavy (non-hydrogen) atoms. The summed E-state index contributed by atoms with van der Waals surface area (Å²) in [5.74, 6) is 1.07. The van der Waals surface area contributed by atoms with Gasteiger partial charge in [-0.1, -0.05) is 0 Å². The number of carbonyl (C=O) groups excluding carboxylic acids is 2. The van der Waals surface area contributed by atoms with Gasteiger partial charge in [-0.25, -0.2) is 0 Å². The van der Waals surface area contributed by atoms with Crippen molar-refractivity contribution < 1.29 is 14.3 Å². The maximum atomic E-state index is 12.5. The summed E-state index contributed by atoms with van der Waals surface area (Å²) < 4.78 is 5.58. The van der Waals surface area contributed by atoms with Gasteiger partial charge in [0, 0.05) is 58.7 Å². The molecule has 0 radical (unpaired) electrons. The Labute approximate surface area is 145 Å². The van der Waals surface area contributed by atoms with Crippen molar-refractivity contribution in [1.29, 1.82) is 0 Å². The number of likely N-dealkylation sites (tertiary alicyclic amines) is 1. The Balaban J connectivity index is 1.39. The second kappa shape index (κ2) is 8.81. The lowest BCUT2D eigenvalue weighted by molar-refractivity contribution is -0.132. The number of carbonyl (C=O) groups is 2. The highest BCUT2D eigenvalue weighted by Gasteiger charge is 2.24. The van der Waals surface area contributed by atoms with E-state index >= 15 is 0 Å². The van der Waals surface area contributed by atoms with Crippen LogP contribution >= 0.6 is 0 Å². The first kappa shape index (κ1) is 17.7. The van der Waals surface area contributed by atoms with E-state index in [1.54, 1.807) is 0 Å². The fourth-order valence-electron chi connectivity index (χ4n) is 4.05. The Kier molecular flexibility index (Phi) is 6.49. The van der Waals surface area contributed by atoms with Gasteiger partial charge < -0.3 is 19.4 Å². The van der Waals surface area contributed by atoms with Gasteiger partial charge in [0.25, 0.3) is 0 Å². The van der Waals surface area contributed by atoms with Crippen molar-refractivity contribution in [3.8, 4) is 0 Å². The van der Waals surface area contributed by atoms with Gasteiger partial charge in [-0.15, -0.1) is 0 Å². The monoisotopic (exact) mass is 337 g/mol. The van der Waals surface area contributed by atoms with Gasteiger partial charge in [-0.3, -0.25) is 9.59 Å². The van der Waals surface area contributed by atoms with E-state index in [-0.39, 0.29) is 11.8 Å². The van der Waals surface area contributed by atoms with Crippen LogP contribution in [0, 0.1) is 5.92 Å². The third kappa shape index (κ3) is 4.93. The summed E-state index contributed by atoms with van der Waals surface area (Å²) in [4.78, 5) is 30.4. The van der Waals surface area contributed by atoms with E-state index in [0.29, 0.717) is 25.3 Å². The quantitative estimate of drug-likeness (QED) is 0.750. The van der Waals surface area contributed by atoms with E-state index < -0.39 is 0 Å². The van der Waals surface area contributed by atoms with Crippen molar-refractivity contribution in [2.75, 3.05) is 59.0 Å². The third-order valence-corrected chi connectivity index (χ3v) is 5.48. The number of hydrogen-bond donors (Lipinski definition) is 0. The first-order valence-electron chi connectivity index (χ1n) is 9.58. The first-order valence-corrected chi connectivity index (χ1v) is 9.58. The molecule has 0 aromatic heterocycles. The van der Waals surface area contributed by atoms with Crippen LogP contribution in [-0.4, -0.2) is 85.5 Å². The van der Waals surface area contributed by atoms with Crippen LogP contribution in [0.15, 0.2) is 0 Å². The lowest BCUT2D eigenvalue weighted by Gasteiger charge is -2.29. The number of rotatable bonds is 5. The topological polar surface area (TPSA) is 53.1 Å². The fourth-order valence-corrected chi connectivity index (χ4v) is 4.05. The van der Waals surface area contributed by atoms with Crippen LogP contribution in [0.4, 0.5) is 0 Å². The zero-order chi connectivity index (χ0) is 16.8. The maximum Gasteiger partial charge on any atom is 0.224 e. The molecule has 0 bridgehead atoms. The Morgan fingerprint density at radius 2 is 2.00 bits per heavy atom. The normalized spacial score (nSPS) is 26.7. The molecule has 0 saturated carbocycles. The van der Waals surface area contributed by atoms with Gasteiger partial charge in [-0.2, -0.15) is 0 Å². The molecule has 3 saturated heterocycles. The second-order valence-corrected chi connectivity index (χ2v) is 7.35. The molecule has 3 aliphatic rings. The summed E-state index contributed by atoms with van der Waals surface area (Å²) in [6, 6.07) is 0. The average Bonchev–Trinajstić information content (AvgIpc) is 2.86. The van der Waals surface area contributed by atoms with Crippen molar-refractivity contribution in [1.82, 2.24) is 14.7 Å². The molecular weight excluding hydrogens is 306 g/mol. The van der Waals surface area contributed by atoms with E-state index in [0.717, 1.165) is 65.3 Å². The lowest BCUT2D eigenvalue weighted by Crippen LogP contribution is -2.39. The largest absolute Gasteiger partial charge is 0.381 e. The molecule has 0 aliphatic carbocycles. The molecule has 1 unspecified atom stereocenters. The van der Waals surface area contributed by atoms with Crippen molar-refractivity contribution in [3.63, 3.8) is 0 Å². The molecule has 0 aromatic rings. The summed E-state index contributed by atoms with van der Waals surface area (Å²) in [6.07, 6.45) is 5.56. The Morgan fingerprint density at radius 1 is 1.08 bits per heavy atom. The summed E-state index contributed by atoms with van der Waals surface area (Å²) in [5.41, 5.74) is 0. The summed E-state index contributed by atoms with van der Waals surface area (Å²) in [7, 11) is 0. The highest BCUT2D eigenvalue weighted by atomic mass is 16.5. The van der Waals surface area contributed by atoms with E-state index in [9.17, 15) is 9.59 Å². The Morgan fingerprint density at radius 3 is 2.75 bits per heavy atom. The average molecular weight is 337 g/mol. The van der Waals surface area contributed by atoms with Crippen molar-refractivity contribution in [2.45, 2.75) is 38.5 Å². The molecular formula is C18H31N3O3. The summed E-state index contributed by atoms with van der Waals surface area (Å²) >= 11 is 0. The van der Waals surface area contributed by atoms with Gasteiger partial charge in [0.15, 0.2) is 0 Å². The predicted molar refractivity (Wildman–Crippen MR) is 91.6 cm³/mol. The van der Waals surface area contributed by atoms with Crippen molar-refractivity contribution >= 4 is 11.8 Å². The molecule has 6 nitrogen and oxygen atoms in total. The maximum absolute atomic E-state index is 12.5. The second-order valence-electron chi connectivity index (χ2n) is 7.35. The van der Waals surface area contributed by atoms with Crippen molar-refractivity contribution in [2.24, 2.45) is 5.92 Å². The van der Waals surface area contributed by atoms with Crippen LogP contribution in [0.5, 0.6) is 0 Å². The van der Waals surface area contributed by atoms with Crippen LogP contribution in [0.2, 0.25) is 0 Å². The molecule has 2 amide bonds. The molecule has 0 spiro atoms. The van der Waals surface area contributed by atoms with Gasteiger partial charge in [-0.05, 0) is 38.1 Å². The number of hydrogen-bond acceptors (Lipinski definition) is 4. The van der Waals surface area contributed by atoms with Gasteiger partial charge >= 0.3 is 0 Å². The molecule has 3 rings (SSSR count). The molecule has 3 aliphatic heterocycles. The smallest absolute Gasteiger partial charge is 0.224 e. The van der Waals surface area contributed by atoms with Crippen LogP contribution in [0.1, 0.15) is 38.5 Å². The van der Waals surface area contributed by atoms with Gasteiger partial charge in [0.2, 0.25) is 11.8 Å². The standard InChI is InChI=1S/C18H31N3O3/c22-17-5-1-8-20(17)10-6-18(23)21-9-3-7-19(11-12-21)14-16-4-2-13-24-15-16/h16H,1-15H2. The molecule has 1 atom stereocenters. The summed E-state index contributed by atoms with van der Waals surface area (Å²) in [6.45, 7) is 8.03. The highest BCUT2D eigenvalue weighted by molar-refractivity contribution is 5.80. The lowest BCUT2D eigenvalue weighted by atomic mass is 10.0. The first-order chi connectivity index (χ1) is 11.7. The predicted octanol–water partition coefficient (Wildman–Crippen LogP) is 0.960. The van der Waals surface area contributed by atoms with E-state index in [4.69, 9.17) is 4.74 Å². The van der Waals surface area contributed by atoms with Gasteiger partial charge in [0.05, 0.1) is 6.61 Å². The zero-order valence-electron chi connectivity index (χ0n) is 14.8. The fraction of sp³-hybridized carbons (Fsp3) is 0.889. The third-order valence-electron chi connectivity index (χ3n) is 5.48. The molecule has 3 heterocycles. The minimum atomic E-state index is 0.206. The van der Waals surface area contributed by atoms with Crippen molar-refractivity contribution in [3.05, 3.63) is 0 Å². The SMILES string of the molecule is O=C1CCCN1CCC(=O)N1CCCN(CC2CCCOC2)CC1. The zero-order valence-corrected chi connectivity index (χ0v) is 14.8. The van der Waals surface area contributed by atoms with E-state index in [1.807, 2.05) is 9.80 Å². The minimum absolute atomic E-state index is 0.206. The molecule has 136 valence electrons. The van der Waals surface area contributed by atoms with E-state index in [1.165, 1.54) is 12.8 Å². The number of nitrogens with zero attached hydrogens (tertiary/aromatic N) is 3. The van der Waals surface area contributed by atoms with Crippen LogP contribution < -0.4 is 0 Å². The summed E-state index contributed by atoms with van der Waals surface area (Å²) in [5, 5.41) is 0. The van der Waals surface area contributed by atoms with E-state index in [2.05, 4.69) is 4.90 Å². The van der Waals surface area contributed by atoms with Crippen LogP contribution in [0.25, 0.3) is 0 Å². The van der Waals surface area contributed by atoms with Crippen LogP contribution in [0.3, 0.4) is 0 Å². The molecule has 3 fully saturated rings. The number of ether oxygens (including phenoxy) is 1. The Hall–Kier alpha value is -1.14. The number of amides is 2. The molecule has 0 aromatic carbocycles. The minimum Gasteiger partial charge on any atom is -0.381 e. The molecule has 0 N–H and O–H groups in total. The van der Waals surface area contributed by atoms with Crippen LogP contribution in [-0.2, 0) is 14.3 Å². The molecule has 6 heteroatoms. The van der Waals surface area contributed by atoms with Gasteiger partial charge in [0.1, 0.15) is 0 Å². The highest BCUT2D eigenvalue weighted by Crippen LogP contribution is 2.16.